The van der Waals surface area contributed by atoms with E-state index in [4.69, 9.17) is 10.4 Å². The second-order valence-electron chi connectivity index (χ2n) is 2.71. The molecule has 0 radical (unpaired) electrons. The molecule has 1 aromatic heterocycles. The molecule has 0 aliphatic heterocycles. The van der Waals surface area contributed by atoms with Crippen molar-refractivity contribution in [3.05, 3.63) is 29.9 Å². The third-order valence-corrected chi connectivity index (χ3v) is 1.75. The number of rotatable bonds is 3. The molecule has 0 aliphatic carbocycles. The van der Waals surface area contributed by atoms with E-state index in [2.05, 4.69) is 4.98 Å². The van der Waals surface area contributed by atoms with Crippen molar-refractivity contribution in [2.45, 2.75) is 13.5 Å². The SMILES string of the molecule is C/C(=C/Cn1ccnc1C#N)C(=O)O. The first-order chi connectivity index (χ1) is 6.65. The predicted octanol–water partition coefficient (Wildman–Crippen LogP) is 0.786. The normalized spacial score (nSPS) is 11.0. The van der Waals surface area contributed by atoms with Gasteiger partial charge in [-0.05, 0) is 6.92 Å². The number of imidazole rings is 1. The van der Waals surface area contributed by atoms with Gasteiger partial charge in [-0.15, -0.1) is 0 Å². The van der Waals surface area contributed by atoms with Crippen LogP contribution >= 0.6 is 0 Å². The van der Waals surface area contributed by atoms with Crippen molar-refractivity contribution in [3.63, 3.8) is 0 Å². The van der Waals surface area contributed by atoms with Crippen LogP contribution in [-0.2, 0) is 11.3 Å². The lowest BCUT2D eigenvalue weighted by Gasteiger charge is -1.98. The van der Waals surface area contributed by atoms with E-state index in [0.717, 1.165) is 0 Å². The van der Waals surface area contributed by atoms with Gasteiger partial charge in [0.2, 0.25) is 5.82 Å². The Kier molecular flexibility index (Phi) is 3.02. The summed E-state index contributed by atoms with van der Waals surface area (Å²) < 4.78 is 1.58. The lowest BCUT2D eigenvalue weighted by Crippen LogP contribution is -2.01. The molecule has 5 nitrogen and oxygen atoms in total. The average Bonchev–Trinajstić information content (AvgIpc) is 2.60. The van der Waals surface area contributed by atoms with Crippen LogP contribution in [-0.4, -0.2) is 20.6 Å². The highest BCUT2D eigenvalue weighted by Crippen LogP contribution is 1.99. The molecule has 0 aromatic carbocycles. The third-order valence-electron chi connectivity index (χ3n) is 1.75. The quantitative estimate of drug-likeness (QED) is 0.716. The van der Waals surface area contributed by atoms with Crippen LogP contribution in [0.5, 0.6) is 0 Å². The predicted molar refractivity (Wildman–Crippen MR) is 48.3 cm³/mol. The van der Waals surface area contributed by atoms with E-state index in [9.17, 15) is 4.79 Å². The Morgan fingerprint density at radius 2 is 2.57 bits per heavy atom. The molecule has 0 atom stereocenters. The van der Waals surface area contributed by atoms with Crippen LogP contribution in [0.25, 0.3) is 0 Å². The zero-order valence-electron chi connectivity index (χ0n) is 7.64. The zero-order chi connectivity index (χ0) is 10.6. The van der Waals surface area contributed by atoms with Crippen molar-refractivity contribution in [3.8, 4) is 6.07 Å². The molecule has 5 heteroatoms. The molecule has 0 saturated carbocycles. The first kappa shape index (κ1) is 9.99. The number of allylic oxidation sites excluding steroid dienone is 1. The van der Waals surface area contributed by atoms with E-state index >= 15 is 0 Å². The van der Waals surface area contributed by atoms with Crippen LogP contribution in [0.1, 0.15) is 12.7 Å². The van der Waals surface area contributed by atoms with Crippen molar-refractivity contribution in [1.29, 1.82) is 5.26 Å². The molecule has 0 amide bonds. The molecule has 72 valence electrons. The molecule has 0 aliphatic rings. The summed E-state index contributed by atoms with van der Waals surface area (Å²) in [6.45, 7) is 1.85. The Morgan fingerprint density at radius 3 is 3.14 bits per heavy atom. The molecule has 1 rings (SSSR count). The molecule has 0 saturated heterocycles. The monoisotopic (exact) mass is 191 g/mol. The van der Waals surface area contributed by atoms with Gasteiger partial charge in [-0.25, -0.2) is 9.78 Å². The van der Waals surface area contributed by atoms with Gasteiger partial charge in [-0.2, -0.15) is 5.26 Å². The lowest BCUT2D eigenvalue weighted by atomic mass is 10.3. The summed E-state index contributed by atoms with van der Waals surface area (Å²) in [5.74, 6) is -0.678. The Labute approximate surface area is 80.9 Å². The summed E-state index contributed by atoms with van der Waals surface area (Å²) in [5, 5.41) is 17.2. The topological polar surface area (TPSA) is 78.9 Å². The van der Waals surface area contributed by atoms with Crippen molar-refractivity contribution >= 4 is 5.97 Å². The first-order valence-electron chi connectivity index (χ1n) is 3.96. The molecule has 0 unspecified atom stereocenters. The number of aromatic nitrogens is 2. The van der Waals surface area contributed by atoms with Gasteiger partial charge in [0.05, 0.1) is 0 Å². The summed E-state index contributed by atoms with van der Waals surface area (Å²) in [4.78, 5) is 14.2. The van der Waals surface area contributed by atoms with Gasteiger partial charge in [0.15, 0.2) is 0 Å². The van der Waals surface area contributed by atoms with Gasteiger partial charge in [0.1, 0.15) is 6.07 Å². The number of nitriles is 1. The van der Waals surface area contributed by atoms with Crippen LogP contribution in [0.3, 0.4) is 0 Å². The molecule has 0 bridgehead atoms. The Morgan fingerprint density at radius 1 is 1.86 bits per heavy atom. The van der Waals surface area contributed by atoms with Gasteiger partial charge < -0.3 is 9.67 Å². The van der Waals surface area contributed by atoms with Crippen LogP contribution in [0.15, 0.2) is 24.0 Å². The largest absolute Gasteiger partial charge is 0.478 e. The average molecular weight is 191 g/mol. The second-order valence-corrected chi connectivity index (χ2v) is 2.71. The number of carboxylic acids is 1. The molecule has 0 spiro atoms. The van der Waals surface area contributed by atoms with E-state index < -0.39 is 5.97 Å². The Bertz CT molecular complexity index is 412. The van der Waals surface area contributed by atoms with E-state index in [1.54, 1.807) is 10.8 Å². The summed E-state index contributed by atoms with van der Waals surface area (Å²) in [5.41, 5.74) is 0.252. The van der Waals surface area contributed by atoms with Crippen molar-refractivity contribution < 1.29 is 9.90 Å². The maximum Gasteiger partial charge on any atom is 0.331 e. The van der Waals surface area contributed by atoms with E-state index in [-0.39, 0.29) is 11.4 Å². The lowest BCUT2D eigenvalue weighted by molar-refractivity contribution is -0.132. The number of nitrogens with zero attached hydrogens (tertiary/aromatic N) is 3. The summed E-state index contributed by atoms with van der Waals surface area (Å²) >= 11 is 0. The van der Waals surface area contributed by atoms with E-state index in [1.807, 2.05) is 6.07 Å². The first-order valence-corrected chi connectivity index (χ1v) is 3.96. The van der Waals surface area contributed by atoms with Gasteiger partial charge in [0.25, 0.3) is 0 Å². The molecule has 14 heavy (non-hydrogen) atoms. The van der Waals surface area contributed by atoms with Gasteiger partial charge in [-0.3, -0.25) is 0 Å². The molecular weight excluding hydrogens is 182 g/mol. The minimum Gasteiger partial charge on any atom is -0.478 e. The molecule has 1 heterocycles. The summed E-state index contributed by atoms with van der Waals surface area (Å²) in [7, 11) is 0. The molecule has 1 aromatic rings. The third kappa shape index (κ3) is 2.20. The summed E-state index contributed by atoms with van der Waals surface area (Å²) in [6, 6.07) is 1.90. The maximum absolute atomic E-state index is 10.5. The number of carbonyl (C=O) groups is 1. The van der Waals surface area contributed by atoms with Crippen LogP contribution < -0.4 is 0 Å². The molecule has 0 fully saturated rings. The van der Waals surface area contributed by atoms with E-state index in [1.165, 1.54) is 19.2 Å². The number of aliphatic carboxylic acids is 1. The van der Waals surface area contributed by atoms with E-state index in [0.29, 0.717) is 6.54 Å². The highest BCUT2D eigenvalue weighted by Gasteiger charge is 2.01. The smallest absolute Gasteiger partial charge is 0.331 e. The highest BCUT2D eigenvalue weighted by molar-refractivity contribution is 5.85. The summed E-state index contributed by atoms with van der Waals surface area (Å²) in [6.07, 6.45) is 4.66. The number of hydrogen-bond donors (Lipinski definition) is 1. The Balaban J connectivity index is 2.76. The van der Waals surface area contributed by atoms with Gasteiger partial charge in [0, 0.05) is 24.5 Å². The fourth-order valence-electron chi connectivity index (χ4n) is 0.892. The van der Waals surface area contributed by atoms with Crippen molar-refractivity contribution in [1.82, 2.24) is 9.55 Å². The minimum absolute atomic E-state index is 0.252. The van der Waals surface area contributed by atoms with Crippen LogP contribution in [0.2, 0.25) is 0 Å². The zero-order valence-corrected chi connectivity index (χ0v) is 7.64. The van der Waals surface area contributed by atoms with Crippen molar-refractivity contribution in [2.24, 2.45) is 0 Å². The number of carboxylic acid groups (broad SMARTS) is 1. The van der Waals surface area contributed by atoms with Crippen LogP contribution in [0.4, 0.5) is 0 Å². The standard InChI is InChI=1S/C9H9N3O2/c1-7(9(13)14)2-4-12-5-3-11-8(12)6-10/h2-3,5H,4H2,1H3,(H,13,14)/b7-2-. The fraction of sp³-hybridized carbons (Fsp3) is 0.222. The van der Waals surface area contributed by atoms with Gasteiger partial charge in [-0.1, -0.05) is 6.08 Å². The Hall–Kier alpha value is -2.09. The van der Waals surface area contributed by atoms with Crippen molar-refractivity contribution in [2.75, 3.05) is 0 Å². The molecular formula is C9H9N3O2. The minimum atomic E-state index is -0.955. The number of hydrogen-bond acceptors (Lipinski definition) is 3. The second kappa shape index (κ2) is 4.23. The maximum atomic E-state index is 10.5. The highest BCUT2D eigenvalue weighted by atomic mass is 16.4. The van der Waals surface area contributed by atoms with Crippen LogP contribution in [0, 0.1) is 11.3 Å². The van der Waals surface area contributed by atoms with Gasteiger partial charge >= 0.3 is 5.97 Å². The molecule has 1 N–H and O–H groups in total. The fourth-order valence-corrected chi connectivity index (χ4v) is 0.892.